The minimum atomic E-state index is -4.74. The maximum atomic E-state index is 12.2. The number of rotatable bonds is 6. The van der Waals surface area contributed by atoms with Gasteiger partial charge in [0.1, 0.15) is 5.75 Å². The molecule has 26 heavy (non-hydrogen) atoms. The van der Waals surface area contributed by atoms with Crippen LogP contribution in [-0.2, 0) is 6.54 Å². The van der Waals surface area contributed by atoms with E-state index >= 15 is 0 Å². The normalized spacial score (nSPS) is 11.4. The zero-order valence-corrected chi connectivity index (χ0v) is 13.2. The average molecular weight is 366 g/mol. The van der Waals surface area contributed by atoms with Crippen LogP contribution in [0.15, 0.2) is 42.7 Å². The molecule has 0 bridgehead atoms. The number of aliphatic hydroxyl groups excluding tert-OH is 1. The van der Waals surface area contributed by atoms with Crippen LogP contribution in [0.5, 0.6) is 5.75 Å². The lowest BCUT2D eigenvalue weighted by atomic mass is 10.2. The largest absolute Gasteiger partial charge is 0.573 e. The van der Waals surface area contributed by atoms with Crippen LogP contribution in [0, 0.1) is 0 Å². The molecule has 0 aliphatic heterocycles. The van der Waals surface area contributed by atoms with Crippen LogP contribution in [0.2, 0.25) is 0 Å². The Bertz CT molecular complexity index is 866. The molecule has 11 heteroatoms. The Hall–Kier alpha value is -3.21. The summed E-state index contributed by atoms with van der Waals surface area (Å²) in [5, 5.41) is 23.8. The molecule has 3 rings (SSSR count). The number of aromatic nitrogens is 5. The molecule has 8 nitrogen and oxygen atoms in total. The summed E-state index contributed by atoms with van der Waals surface area (Å²) < 4.78 is 40.4. The van der Waals surface area contributed by atoms with Crippen LogP contribution in [-0.4, -0.2) is 43.3 Å². The molecular weight excluding hydrogens is 353 g/mol. The smallest absolute Gasteiger partial charge is 0.406 e. The number of aliphatic hydroxyl groups is 1. The Morgan fingerprint density at radius 2 is 1.92 bits per heavy atom. The lowest BCUT2D eigenvalue weighted by molar-refractivity contribution is -0.274. The SMILES string of the molecule is OCCn1nnc(-c2cnccc2Nc2ccc(OC(F)(F)F)cc2)n1. The number of pyridine rings is 1. The molecule has 2 aromatic heterocycles. The van der Waals surface area contributed by atoms with E-state index in [-0.39, 0.29) is 18.9 Å². The minimum Gasteiger partial charge on any atom is -0.406 e. The third-order valence-electron chi connectivity index (χ3n) is 3.18. The number of hydrogen-bond donors (Lipinski definition) is 2. The first-order valence-electron chi connectivity index (χ1n) is 7.40. The fourth-order valence-corrected chi connectivity index (χ4v) is 2.11. The van der Waals surface area contributed by atoms with E-state index in [0.29, 0.717) is 22.8 Å². The summed E-state index contributed by atoms with van der Waals surface area (Å²) >= 11 is 0. The number of alkyl halides is 3. The number of anilines is 2. The first-order valence-corrected chi connectivity index (χ1v) is 7.40. The summed E-state index contributed by atoms with van der Waals surface area (Å²) in [6, 6.07) is 6.96. The van der Waals surface area contributed by atoms with E-state index in [0.717, 1.165) is 0 Å². The third-order valence-corrected chi connectivity index (χ3v) is 3.18. The summed E-state index contributed by atoms with van der Waals surface area (Å²) in [7, 11) is 0. The van der Waals surface area contributed by atoms with Crippen LogP contribution < -0.4 is 10.1 Å². The lowest BCUT2D eigenvalue weighted by Crippen LogP contribution is -2.16. The standard InChI is InChI=1S/C15H13F3N6O2/c16-15(17,18)26-11-3-1-10(2-4-11)20-13-5-6-19-9-12(13)14-21-23-24(22-14)7-8-25/h1-6,9,25H,7-8H2,(H,19,20). The minimum absolute atomic E-state index is 0.125. The van der Waals surface area contributed by atoms with Gasteiger partial charge in [-0.25, -0.2) is 0 Å². The number of halogens is 3. The van der Waals surface area contributed by atoms with Crippen molar-refractivity contribution in [2.24, 2.45) is 0 Å². The van der Waals surface area contributed by atoms with Crippen LogP contribution >= 0.6 is 0 Å². The van der Waals surface area contributed by atoms with Gasteiger partial charge in [0.15, 0.2) is 0 Å². The number of hydrogen-bond acceptors (Lipinski definition) is 7. The topological polar surface area (TPSA) is 98.0 Å². The highest BCUT2D eigenvalue weighted by Crippen LogP contribution is 2.29. The van der Waals surface area contributed by atoms with Crippen molar-refractivity contribution in [1.29, 1.82) is 0 Å². The van der Waals surface area contributed by atoms with Gasteiger partial charge >= 0.3 is 6.36 Å². The van der Waals surface area contributed by atoms with Gasteiger partial charge in [0.05, 0.1) is 24.4 Å². The van der Waals surface area contributed by atoms with Gasteiger partial charge in [-0.2, -0.15) is 4.80 Å². The van der Waals surface area contributed by atoms with E-state index in [1.807, 2.05) is 0 Å². The molecule has 3 aromatic rings. The van der Waals surface area contributed by atoms with Crippen molar-refractivity contribution >= 4 is 11.4 Å². The molecule has 0 aliphatic rings. The van der Waals surface area contributed by atoms with Crippen molar-refractivity contribution in [3.8, 4) is 17.1 Å². The Labute approximate surface area is 145 Å². The average Bonchev–Trinajstić information content (AvgIpc) is 3.05. The zero-order valence-electron chi connectivity index (χ0n) is 13.2. The first kappa shape index (κ1) is 17.6. The molecule has 0 saturated heterocycles. The van der Waals surface area contributed by atoms with Gasteiger partial charge in [-0.05, 0) is 35.5 Å². The summed E-state index contributed by atoms with van der Waals surface area (Å²) in [5.41, 5.74) is 1.68. The van der Waals surface area contributed by atoms with E-state index in [1.54, 1.807) is 12.3 Å². The number of benzene rings is 1. The van der Waals surface area contributed by atoms with E-state index in [4.69, 9.17) is 5.11 Å². The number of tetrazole rings is 1. The number of ether oxygens (including phenoxy) is 1. The van der Waals surface area contributed by atoms with Gasteiger partial charge in [0, 0.05) is 18.1 Å². The van der Waals surface area contributed by atoms with Crippen molar-refractivity contribution in [3.05, 3.63) is 42.7 Å². The molecule has 136 valence electrons. The zero-order chi connectivity index (χ0) is 18.6. The molecule has 2 N–H and O–H groups in total. The Morgan fingerprint density at radius 1 is 1.15 bits per heavy atom. The van der Waals surface area contributed by atoms with Crippen molar-refractivity contribution in [2.45, 2.75) is 12.9 Å². The molecule has 0 spiro atoms. The summed E-state index contributed by atoms with van der Waals surface area (Å²) in [6.45, 7) is 0.0803. The molecule has 0 fully saturated rings. The predicted octanol–water partition coefficient (Wildman–Crippen LogP) is 2.37. The second kappa shape index (κ2) is 7.35. The monoisotopic (exact) mass is 366 g/mol. The first-order chi connectivity index (χ1) is 12.4. The van der Waals surface area contributed by atoms with Crippen molar-refractivity contribution < 1.29 is 23.0 Å². The van der Waals surface area contributed by atoms with Gasteiger partial charge in [-0.15, -0.1) is 23.4 Å². The summed E-state index contributed by atoms with van der Waals surface area (Å²) in [6.07, 6.45) is -1.66. The summed E-state index contributed by atoms with van der Waals surface area (Å²) in [5.74, 6) is -0.0160. The maximum Gasteiger partial charge on any atom is 0.573 e. The second-order valence-electron chi connectivity index (χ2n) is 5.05. The molecule has 0 aliphatic carbocycles. The molecule has 0 radical (unpaired) electrons. The lowest BCUT2D eigenvalue weighted by Gasteiger charge is -2.11. The highest BCUT2D eigenvalue weighted by Gasteiger charge is 2.30. The highest BCUT2D eigenvalue weighted by molar-refractivity contribution is 5.76. The molecular formula is C15H13F3N6O2. The van der Waals surface area contributed by atoms with Gasteiger partial charge in [0.25, 0.3) is 0 Å². The Balaban J connectivity index is 1.80. The Kier molecular flexibility index (Phi) is 4.98. The molecule has 0 unspecified atom stereocenters. The maximum absolute atomic E-state index is 12.2. The fraction of sp³-hybridized carbons (Fsp3) is 0.200. The molecule has 2 heterocycles. The van der Waals surface area contributed by atoms with Crippen LogP contribution in [0.1, 0.15) is 0 Å². The molecule has 0 atom stereocenters. The van der Waals surface area contributed by atoms with Crippen LogP contribution in [0.4, 0.5) is 24.5 Å². The highest BCUT2D eigenvalue weighted by atomic mass is 19.4. The number of nitrogens with zero attached hydrogens (tertiary/aromatic N) is 5. The Morgan fingerprint density at radius 3 is 2.62 bits per heavy atom. The predicted molar refractivity (Wildman–Crippen MR) is 84.5 cm³/mol. The van der Waals surface area contributed by atoms with E-state index in [9.17, 15) is 13.2 Å². The van der Waals surface area contributed by atoms with Crippen molar-refractivity contribution in [2.75, 3.05) is 11.9 Å². The molecule has 0 amide bonds. The van der Waals surface area contributed by atoms with E-state index in [1.165, 1.54) is 35.3 Å². The quantitative estimate of drug-likeness (QED) is 0.691. The molecule has 0 saturated carbocycles. The van der Waals surface area contributed by atoms with E-state index < -0.39 is 6.36 Å². The van der Waals surface area contributed by atoms with Crippen LogP contribution in [0.25, 0.3) is 11.4 Å². The van der Waals surface area contributed by atoms with Gasteiger partial charge in [-0.3, -0.25) is 4.98 Å². The van der Waals surface area contributed by atoms with Gasteiger partial charge in [-0.1, -0.05) is 0 Å². The number of nitrogens with one attached hydrogen (secondary N) is 1. The fourth-order valence-electron chi connectivity index (χ4n) is 2.11. The van der Waals surface area contributed by atoms with Crippen molar-refractivity contribution in [3.63, 3.8) is 0 Å². The van der Waals surface area contributed by atoms with Gasteiger partial charge < -0.3 is 15.2 Å². The van der Waals surface area contributed by atoms with Crippen molar-refractivity contribution in [1.82, 2.24) is 25.2 Å². The van der Waals surface area contributed by atoms with Gasteiger partial charge in [0.2, 0.25) is 5.82 Å². The third kappa shape index (κ3) is 4.45. The molecule has 1 aromatic carbocycles. The second-order valence-corrected chi connectivity index (χ2v) is 5.05. The van der Waals surface area contributed by atoms with E-state index in [2.05, 4.69) is 30.4 Å². The summed E-state index contributed by atoms with van der Waals surface area (Å²) in [4.78, 5) is 5.27. The van der Waals surface area contributed by atoms with Crippen LogP contribution in [0.3, 0.4) is 0 Å².